The highest BCUT2D eigenvalue weighted by molar-refractivity contribution is 7.12. The lowest BCUT2D eigenvalue weighted by molar-refractivity contribution is 0.0136. The van der Waals surface area contributed by atoms with Crippen molar-refractivity contribution in [3.63, 3.8) is 0 Å². The van der Waals surface area contributed by atoms with Crippen molar-refractivity contribution in [1.29, 1.82) is 0 Å². The number of methoxy groups -OCH3 is 1. The van der Waals surface area contributed by atoms with E-state index < -0.39 is 0 Å². The van der Waals surface area contributed by atoms with E-state index in [1.807, 2.05) is 23.7 Å². The van der Waals surface area contributed by atoms with Crippen molar-refractivity contribution in [2.24, 2.45) is 5.92 Å². The van der Waals surface area contributed by atoms with Crippen LogP contribution in [0.1, 0.15) is 28.1 Å². The zero-order valence-electron chi connectivity index (χ0n) is 14.4. The predicted octanol–water partition coefficient (Wildman–Crippen LogP) is 2.59. The molecule has 0 saturated carbocycles. The van der Waals surface area contributed by atoms with Gasteiger partial charge in [0.05, 0.1) is 7.11 Å². The minimum atomic E-state index is -0.0122. The average Bonchev–Trinajstić information content (AvgIpc) is 3.14. The van der Waals surface area contributed by atoms with Crippen molar-refractivity contribution < 1.29 is 9.53 Å². The molecule has 1 N–H and O–H groups in total. The smallest absolute Gasteiger partial charge is 0.265 e. The number of hydrogen-bond donors (Lipinski definition) is 1. The van der Waals surface area contributed by atoms with E-state index in [0.29, 0.717) is 22.6 Å². The number of carbonyl (C=O) groups excluding carboxylic acids is 1. The van der Waals surface area contributed by atoms with E-state index in [1.54, 1.807) is 13.3 Å². The molecular weight excluding hydrogens is 334 g/mol. The zero-order valence-corrected chi connectivity index (χ0v) is 15.2. The maximum Gasteiger partial charge on any atom is 0.265 e. The number of nitrogens with one attached hydrogen (secondary N) is 1. The molecule has 2 aromatic rings. The number of ether oxygens (including phenoxy) is 1. The molecule has 2 bridgehead atoms. The number of carbonyl (C=O) groups is 1. The summed E-state index contributed by atoms with van der Waals surface area (Å²) in [4.78, 5) is 20.3. The second kappa shape index (κ2) is 7.14. The van der Waals surface area contributed by atoms with E-state index in [-0.39, 0.29) is 11.9 Å². The van der Waals surface area contributed by atoms with Gasteiger partial charge in [0.2, 0.25) is 0 Å². The molecule has 25 heavy (non-hydrogen) atoms. The number of aromatic nitrogens is 1. The van der Waals surface area contributed by atoms with Crippen molar-refractivity contribution in [2.75, 3.05) is 20.2 Å². The Kier molecular flexibility index (Phi) is 4.72. The normalized spacial score (nSPS) is 27.9. The van der Waals surface area contributed by atoms with E-state index in [9.17, 15) is 4.79 Å². The third kappa shape index (κ3) is 3.28. The van der Waals surface area contributed by atoms with Crippen LogP contribution in [0.4, 0.5) is 0 Å². The lowest BCUT2D eigenvalue weighted by Gasteiger charge is -2.51. The number of fused-ring (bicyclic) bond motifs is 3. The molecule has 1 amide bonds. The SMILES string of the molecule is COc1ccsc1C(=O)N[C@@H]1C2CCN(CC2)[C@@H]1Cc1cccnc1. The Morgan fingerprint density at radius 1 is 1.40 bits per heavy atom. The van der Waals surface area contributed by atoms with Crippen LogP contribution in [-0.4, -0.2) is 48.1 Å². The Morgan fingerprint density at radius 2 is 2.24 bits per heavy atom. The van der Waals surface area contributed by atoms with Gasteiger partial charge in [-0.3, -0.25) is 14.7 Å². The number of pyridine rings is 1. The summed E-state index contributed by atoms with van der Waals surface area (Å²) in [6, 6.07) is 6.48. The molecule has 5 nitrogen and oxygen atoms in total. The molecule has 132 valence electrons. The molecule has 3 aliphatic heterocycles. The van der Waals surface area contributed by atoms with Crippen LogP contribution in [0.2, 0.25) is 0 Å². The number of rotatable bonds is 5. The minimum Gasteiger partial charge on any atom is -0.495 e. The molecule has 3 saturated heterocycles. The Morgan fingerprint density at radius 3 is 2.96 bits per heavy atom. The lowest BCUT2D eigenvalue weighted by Crippen LogP contribution is -2.64. The Bertz CT molecular complexity index is 725. The summed E-state index contributed by atoms with van der Waals surface area (Å²) in [5, 5.41) is 5.23. The van der Waals surface area contributed by atoms with Crippen molar-refractivity contribution in [3.05, 3.63) is 46.4 Å². The number of piperidine rings is 3. The van der Waals surface area contributed by atoms with Crippen molar-refractivity contribution in [1.82, 2.24) is 15.2 Å². The molecule has 0 radical (unpaired) electrons. The van der Waals surface area contributed by atoms with Crippen LogP contribution in [0, 0.1) is 5.92 Å². The van der Waals surface area contributed by atoms with Crippen LogP contribution < -0.4 is 10.1 Å². The second-order valence-electron chi connectivity index (χ2n) is 6.82. The maximum absolute atomic E-state index is 12.8. The Labute approximate surface area is 152 Å². The van der Waals surface area contributed by atoms with Gasteiger partial charge >= 0.3 is 0 Å². The number of hydrogen-bond acceptors (Lipinski definition) is 5. The van der Waals surface area contributed by atoms with Crippen LogP contribution in [-0.2, 0) is 6.42 Å². The topological polar surface area (TPSA) is 54.5 Å². The summed E-state index contributed by atoms with van der Waals surface area (Å²) < 4.78 is 5.31. The Balaban J connectivity index is 1.54. The summed E-state index contributed by atoms with van der Waals surface area (Å²) in [5.74, 6) is 1.20. The highest BCUT2D eigenvalue weighted by atomic mass is 32.1. The van der Waals surface area contributed by atoms with E-state index in [0.717, 1.165) is 32.4 Å². The molecule has 3 fully saturated rings. The molecule has 2 atom stereocenters. The molecule has 3 aliphatic rings. The van der Waals surface area contributed by atoms with Gasteiger partial charge in [-0.1, -0.05) is 6.07 Å². The van der Waals surface area contributed by atoms with Crippen LogP contribution in [0.25, 0.3) is 0 Å². The zero-order chi connectivity index (χ0) is 17.2. The van der Waals surface area contributed by atoms with Crippen LogP contribution in [0.5, 0.6) is 5.75 Å². The van der Waals surface area contributed by atoms with Crippen LogP contribution in [0.3, 0.4) is 0 Å². The molecule has 0 aliphatic carbocycles. The fourth-order valence-corrected chi connectivity index (χ4v) is 4.98. The first-order valence-electron chi connectivity index (χ1n) is 8.81. The van der Waals surface area contributed by atoms with E-state index in [4.69, 9.17) is 4.74 Å². The molecule has 5 heterocycles. The van der Waals surface area contributed by atoms with E-state index in [2.05, 4.69) is 21.3 Å². The first-order chi connectivity index (χ1) is 12.3. The predicted molar refractivity (Wildman–Crippen MR) is 98.2 cm³/mol. The number of thiophene rings is 1. The summed E-state index contributed by atoms with van der Waals surface area (Å²) >= 11 is 1.44. The Hall–Kier alpha value is -1.92. The summed E-state index contributed by atoms with van der Waals surface area (Å²) in [6.07, 6.45) is 6.99. The van der Waals surface area contributed by atoms with Gasteiger partial charge in [-0.05, 0) is 61.3 Å². The summed E-state index contributed by atoms with van der Waals surface area (Å²) in [7, 11) is 1.61. The average molecular weight is 357 g/mol. The molecule has 5 rings (SSSR count). The van der Waals surface area contributed by atoms with Crippen LogP contribution in [0.15, 0.2) is 36.0 Å². The quantitative estimate of drug-likeness (QED) is 0.894. The third-order valence-electron chi connectivity index (χ3n) is 5.49. The van der Waals surface area contributed by atoms with Gasteiger partial charge < -0.3 is 10.1 Å². The van der Waals surface area contributed by atoms with Crippen LogP contribution >= 0.6 is 11.3 Å². The summed E-state index contributed by atoms with van der Waals surface area (Å²) in [5.41, 5.74) is 1.23. The fraction of sp³-hybridized carbons (Fsp3) is 0.474. The van der Waals surface area contributed by atoms with Crippen molar-refractivity contribution in [3.8, 4) is 5.75 Å². The van der Waals surface area contributed by atoms with Gasteiger partial charge in [0.25, 0.3) is 5.91 Å². The molecule has 6 heteroatoms. The van der Waals surface area contributed by atoms with E-state index >= 15 is 0 Å². The highest BCUT2D eigenvalue weighted by Crippen LogP contribution is 2.34. The molecular formula is C19H23N3O2S. The lowest BCUT2D eigenvalue weighted by atomic mass is 9.77. The van der Waals surface area contributed by atoms with E-state index in [1.165, 1.54) is 16.9 Å². The number of amides is 1. The van der Waals surface area contributed by atoms with Crippen molar-refractivity contribution in [2.45, 2.75) is 31.3 Å². The monoisotopic (exact) mass is 357 g/mol. The first kappa shape index (κ1) is 16.5. The van der Waals surface area contributed by atoms with Gasteiger partial charge in [-0.25, -0.2) is 0 Å². The maximum atomic E-state index is 12.8. The molecule has 0 unspecified atom stereocenters. The van der Waals surface area contributed by atoms with Crippen molar-refractivity contribution >= 4 is 17.2 Å². The molecule has 0 aromatic carbocycles. The minimum absolute atomic E-state index is 0.0122. The fourth-order valence-electron chi connectivity index (χ4n) is 4.22. The van der Waals surface area contributed by atoms with Gasteiger partial charge in [0, 0.05) is 24.5 Å². The first-order valence-corrected chi connectivity index (χ1v) is 9.69. The molecule has 2 aromatic heterocycles. The van der Waals surface area contributed by atoms with Gasteiger partial charge in [0.1, 0.15) is 10.6 Å². The van der Waals surface area contributed by atoms with Gasteiger partial charge in [-0.2, -0.15) is 0 Å². The highest BCUT2D eigenvalue weighted by Gasteiger charge is 2.43. The largest absolute Gasteiger partial charge is 0.495 e. The standard InChI is InChI=1S/C19H23N3O2S/c1-24-16-6-10-25-18(16)19(23)21-17-14-4-8-22(9-5-14)15(17)11-13-3-2-7-20-12-13/h2-3,6-7,10,12,14-15,17H,4-5,8-9,11H2,1H3,(H,21,23)/t15-,17-/m1/s1. The molecule has 0 spiro atoms. The van der Waals surface area contributed by atoms with Gasteiger partial charge in [-0.15, -0.1) is 11.3 Å². The number of nitrogens with zero attached hydrogens (tertiary/aromatic N) is 2. The second-order valence-corrected chi connectivity index (χ2v) is 7.74. The van der Waals surface area contributed by atoms with Gasteiger partial charge in [0.15, 0.2) is 0 Å². The third-order valence-corrected chi connectivity index (χ3v) is 6.38. The summed E-state index contributed by atoms with van der Waals surface area (Å²) in [6.45, 7) is 2.26.